The third kappa shape index (κ3) is 4.27. The molecule has 0 fully saturated rings. The number of halogens is 2. The van der Waals surface area contributed by atoms with E-state index in [9.17, 15) is 0 Å². The zero-order valence-corrected chi connectivity index (χ0v) is 13.4. The molecule has 3 nitrogen and oxygen atoms in total. The van der Waals surface area contributed by atoms with E-state index in [1.807, 2.05) is 37.4 Å². The van der Waals surface area contributed by atoms with Gasteiger partial charge in [0.15, 0.2) is 0 Å². The highest BCUT2D eigenvalue weighted by molar-refractivity contribution is 6.32. The quantitative estimate of drug-likeness (QED) is 0.856. The highest BCUT2D eigenvalue weighted by atomic mass is 35.5. The molecule has 0 saturated carbocycles. The molecule has 2 aromatic carbocycles. The van der Waals surface area contributed by atoms with Crippen molar-refractivity contribution >= 4 is 23.2 Å². The van der Waals surface area contributed by atoms with Gasteiger partial charge in [-0.05, 0) is 49.0 Å². The first-order chi connectivity index (χ1) is 10.1. The van der Waals surface area contributed by atoms with Crippen molar-refractivity contribution in [3.63, 3.8) is 0 Å². The van der Waals surface area contributed by atoms with E-state index in [0.717, 1.165) is 11.3 Å². The second-order valence-electron chi connectivity index (χ2n) is 4.50. The maximum absolute atomic E-state index is 6.04. The summed E-state index contributed by atoms with van der Waals surface area (Å²) < 4.78 is 11.0. The minimum absolute atomic E-state index is 0.0341. The number of ether oxygens (including phenoxy) is 2. The van der Waals surface area contributed by atoms with Gasteiger partial charge in [0, 0.05) is 5.02 Å². The minimum atomic E-state index is 0.0341. The van der Waals surface area contributed by atoms with Crippen LogP contribution in [0.25, 0.3) is 0 Å². The third-order valence-electron chi connectivity index (χ3n) is 3.16. The lowest BCUT2D eigenvalue weighted by atomic mass is 10.1. The Morgan fingerprint density at radius 3 is 2.43 bits per heavy atom. The second kappa shape index (κ2) is 7.55. The van der Waals surface area contributed by atoms with Crippen molar-refractivity contribution < 1.29 is 9.47 Å². The van der Waals surface area contributed by atoms with E-state index in [1.165, 1.54) is 0 Å². The van der Waals surface area contributed by atoms with E-state index < -0.39 is 0 Å². The Morgan fingerprint density at radius 2 is 1.81 bits per heavy atom. The first-order valence-corrected chi connectivity index (χ1v) is 7.28. The average molecular weight is 326 g/mol. The van der Waals surface area contributed by atoms with Crippen LogP contribution < -0.4 is 14.8 Å². The van der Waals surface area contributed by atoms with Crippen LogP contribution in [0.5, 0.6) is 11.5 Å². The van der Waals surface area contributed by atoms with Crippen LogP contribution in [-0.4, -0.2) is 20.8 Å². The normalized spacial score (nSPS) is 12.0. The Balaban J connectivity index is 2.07. The Bertz CT molecular complexity index is 587. The summed E-state index contributed by atoms with van der Waals surface area (Å²) in [7, 11) is 3.49. The molecule has 0 aromatic heterocycles. The molecule has 0 heterocycles. The molecule has 0 aliphatic rings. The Kier molecular flexibility index (Phi) is 5.74. The molecule has 1 N–H and O–H groups in total. The fraction of sp³-hybridized carbons (Fsp3) is 0.250. The van der Waals surface area contributed by atoms with Crippen LogP contribution in [0.1, 0.15) is 11.6 Å². The monoisotopic (exact) mass is 325 g/mol. The van der Waals surface area contributed by atoms with Crippen molar-refractivity contribution in [2.75, 3.05) is 20.8 Å². The van der Waals surface area contributed by atoms with Gasteiger partial charge in [0.1, 0.15) is 18.1 Å². The molecular weight excluding hydrogens is 309 g/mol. The third-order valence-corrected chi connectivity index (χ3v) is 3.72. The summed E-state index contributed by atoms with van der Waals surface area (Å²) in [5.74, 6) is 1.43. The molecule has 112 valence electrons. The van der Waals surface area contributed by atoms with Gasteiger partial charge in [-0.2, -0.15) is 0 Å². The minimum Gasteiger partial charge on any atom is -0.495 e. The number of methoxy groups -OCH3 is 1. The lowest BCUT2D eigenvalue weighted by molar-refractivity contribution is 0.272. The SMILES string of the molecule is CNC(COc1ccc(Cl)cc1)c1ccc(Cl)c(OC)c1. The molecule has 5 heteroatoms. The highest BCUT2D eigenvalue weighted by Gasteiger charge is 2.12. The van der Waals surface area contributed by atoms with Crippen molar-refractivity contribution in [2.24, 2.45) is 0 Å². The number of nitrogens with one attached hydrogen (secondary N) is 1. The molecule has 1 unspecified atom stereocenters. The Morgan fingerprint density at radius 1 is 1.10 bits per heavy atom. The Labute approximate surface area is 134 Å². The van der Waals surface area contributed by atoms with Crippen LogP contribution in [0.4, 0.5) is 0 Å². The summed E-state index contributed by atoms with van der Waals surface area (Å²) in [5.41, 5.74) is 1.05. The van der Waals surface area contributed by atoms with Gasteiger partial charge in [-0.15, -0.1) is 0 Å². The maximum Gasteiger partial charge on any atom is 0.137 e. The van der Waals surface area contributed by atoms with Crippen LogP contribution >= 0.6 is 23.2 Å². The summed E-state index contributed by atoms with van der Waals surface area (Å²) in [5, 5.41) is 4.50. The van der Waals surface area contributed by atoms with Gasteiger partial charge in [0.25, 0.3) is 0 Å². The summed E-state index contributed by atoms with van der Waals surface area (Å²) >= 11 is 11.9. The van der Waals surface area contributed by atoms with Crippen molar-refractivity contribution in [3.05, 3.63) is 58.1 Å². The van der Waals surface area contributed by atoms with E-state index in [4.69, 9.17) is 32.7 Å². The van der Waals surface area contributed by atoms with E-state index in [0.29, 0.717) is 22.4 Å². The molecule has 0 amide bonds. The van der Waals surface area contributed by atoms with Crippen LogP contribution in [0.2, 0.25) is 10.0 Å². The van der Waals surface area contributed by atoms with Gasteiger partial charge >= 0.3 is 0 Å². The molecule has 21 heavy (non-hydrogen) atoms. The lowest BCUT2D eigenvalue weighted by Gasteiger charge is -2.18. The van der Waals surface area contributed by atoms with Crippen LogP contribution in [0.15, 0.2) is 42.5 Å². The van der Waals surface area contributed by atoms with Gasteiger partial charge < -0.3 is 14.8 Å². The molecule has 0 saturated heterocycles. The number of hydrogen-bond donors (Lipinski definition) is 1. The van der Waals surface area contributed by atoms with Gasteiger partial charge in [-0.1, -0.05) is 29.3 Å². The van der Waals surface area contributed by atoms with Crippen LogP contribution in [0.3, 0.4) is 0 Å². The van der Waals surface area contributed by atoms with Crippen molar-refractivity contribution in [2.45, 2.75) is 6.04 Å². The van der Waals surface area contributed by atoms with Crippen molar-refractivity contribution in [1.82, 2.24) is 5.32 Å². The first kappa shape index (κ1) is 16.0. The van der Waals surface area contributed by atoms with E-state index in [-0.39, 0.29) is 6.04 Å². The smallest absolute Gasteiger partial charge is 0.137 e. The molecule has 0 aliphatic heterocycles. The molecule has 0 radical (unpaired) electrons. The van der Waals surface area contributed by atoms with Gasteiger partial charge in [0.05, 0.1) is 18.2 Å². The van der Waals surface area contributed by atoms with Crippen molar-refractivity contribution in [1.29, 1.82) is 0 Å². The van der Waals surface area contributed by atoms with Crippen LogP contribution in [0, 0.1) is 0 Å². The number of benzene rings is 2. The predicted molar refractivity (Wildman–Crippen MR) is 86.8 cm³/mol. The first-order valence-electron chi connectivity index (χ1n) is 6.53. The molecule has 0 spiro atoms. The molecule has 2 rings (SSSR count). The van der Waals surface area contributed by atoms with Gasteiger partial charge in [0.2, 0.25) is 0 Å². The lowest BCUT2D eigenvalue weighted by Crippen LogP contribution is -2.23. The summed E-state index contributed by atoms with van der Waals surface area (Å²) in [6.45, 7) is 0.489. The van der Waals surface area contributed by atoms with E-state index in [2.05, 4.69) is 5.32 Å². The summed E-state index contributed by atoms with van der Waals surface area (Å²) in [6.07, 6.45) is 0. The molecular formula is C16H17Cl2NO2. The number of rotatable bonds is 6. The molecule has 2 aromatic rings. The molecule has 0 aliphatic carbocycles. The summed E-state index contributed by atoms with van der Waals surface area (Å²) in [4.78, 5) is 0. The number of hydrogen-bond acceptors (Lipinski definition) is 3. The van der Waals surface area contributed by atoms with E-state index in [1.54, 1.807) is 19.2 Å². The fourth-order valence-electron chi connectivity index (χ4n) is 1.95. The molecule has 1 atom stereocenters. The zero-order valence-electron chi connectivity index (χ0n) is 11.9. The Hall–Kier alpha value is -1.42. The highest BCUT2D eigenvalue weighted by Crippen LogP contribution is 2.28. The molecule has 0 bridgehead atoms. The number of likely N-dealkylation sites (N-methyl/N-ethyl adjacent to an activating group) is 1. The largest absolute Gasteiger partial charge is 0.495 e. The van der Waals surface area contributed by atoms with E-state index >= 15 is 0 Å². The average Bonchev–Trinajstić information content (AvgIpc) is 2.51. The topological polar surface area (TPSA) is 30.5 Å². The zero-order chi connectivity index (χ0) is 15.2. The fourth-order valence-corrected chi connectivity index (χ4v) is 2.27. The van der Waals surface area contributed by atoms with Gasteiger partial charge in [-0.25, -0.2) is 0 Å². The van der Waals surface area contributed by atoms with Crippen molar-refractivity contribution in [3.8, 4) is 11.5 Å². The van der Waals surface area contributed by atoms with Crippen LogP contribution in [-0.2, 0) is 0 Å². The van der Waals surface area contributed by atoms with Gasteiger partial charge in [-0.3, -0.25) is 0 Å². The predicted octanol–water partition coefficient (Wildman–Crippen LogP) is 4.34. The summed E-state index contributed by atoms with van der Waals surface area (Å²) in [6, 6.07) is 13.0. The second-order valence-corrected chi connectivity index (χ2v) is 5.34. The standard InChI is InChI=1S/C16H17Cl2NO2/c1-19-15(10-21-13-6-4-12(17)5-7-13)11-3-8-14(18)16(9-11)20-2/h3-9,15,19H,10H2,1-2H3. The maximum atomic E-state index is 6.04.